The molecule has 2 fully saturated rings. The summed E-state index contributed by atoms with van der Waals surface area (Å²) in [4.78, 5) is 27.0. The number of ether oxygens (including phenoxy) is 1. The van der Waals surface area contributed by atoms with Gasteiger partial charge >= 0.3 is 0 Å². The summed E-state index contributed by atoms with van der Waals surface area (Å²) in [5.74, 6) is 0.0212. The number of amides is 2. The molecular formula is C25H39N3O4. The van der Waals surface area contributed by atoms with Gasteiger partial charge in [-0.2, -0.15) is 0 Å². The Kier molecular flexibility index (Phi) is 10.5. The lowest BCUT2D eigenvalue weighted by molar-refractivity contribution is -0.124. The van der Waals surface area contributed by atoms with Gasteiger partial charge in [-0.1, -0.05) is 49.6 Å². The molecule has 1 aromatic carbocycles. The first-order valence-corrected chi connectivity index (χ1v) is 12.2. The van der Waals surface area contributed by atoms with Crippen LogP contribution in [0.4, 0.5) is 0 Å². The maximum absolute atomic E-state index is 12.6. The van der Waals surface area contributed by atoms with E-state index in [2.05, 4.69) is 15.5 Å². The lowest BCUT2D eigenvalue weighted by atomic mass is 9.95. The Hall–Kier alpha value is -1.96. The van der Waals surface area contributed by atoms with Crippen LogP contribution in [0.5, 0.6) is 0 Å². The van der Waals surface area contributed by atoms with Crippen LogP contribution >= 0.6 is 0 Å². The van der Waals surface area contributed by atoms with Gasteiger partial charge in [0.2, 0.25) is 11.8 Å². The number of aliphatic hydroxyl groups excluding tert-OH is 1. The van der Waals surface area contributed by atoms with Gasteiger partial charge in [0, 0.05) is 38.5 Å². The molecule has 1 heterocycles. The Morgan fingerprint density at radius 1 is 1.00 bits per heavy atom. The van der Waals surface area contributed by atoms with Gasteiger partial charge in [-0.3, -0.25) is 14.5 Å². The summed E-state index contributed by atoms with van der Waals surface area (Å²) in [7, 11) is 0. The van der Waals surface area contributed by atoms with Crippen LogP contribution in [0.15, 0.2) is 30.3 Å². The second kappa shape index (κ2) is 13.6. The molecule has 3 N–H and O–H groups in total. The molecule has 0 aromatic heterocycles. The number of unbranched alkanes of at least 4 members (excludes halogenated alkanes) is 1. The molecule has 7 nitrogen and oxygen atoms in total. The number of carbonyl (C=O) groups excluding carboxylic acids is 2. The van der Waals surface area contributed by atoms with E-state index < -0.39 is 12.1 Å². The molecule has 178 valence electrons. The van der Waals surface area contributed by atoms with Gasteiger partial charge in [0.1, 0.15) is 6.10 Å². The fraction of sp³-hybridized carbons (Fsp3) is 0.680. The lowest BCUT2D eigenvalue weighted by Crippen LogP contribution is -2.49. The molecule has 2 atom stereocenters. The second-order valence-corrected chi connectivity index (χ2v) is 9.05. The van der Waals surface area contributed by atoms with Crippen LogP contribution in [-0.2, 0) is 14.3 Å². The fourth-order valence-corrected chi connectivity index (χ4v) is 4.57. The van der Waals surface area contributed by atoms with E-state index in [0.717, 1.165) is 31.5 Å². The standard InChI is InChI=1S/C25H39N3O4/c29-23(26-21-11-5-2-6-12-21)13-7-8-14-24(30)27-22(19-28-15-17-32-18-16-28)25(31)20-9-3-1-4-10-20/h1,3-4,9-10,21-22,25,31H,2,5-8,11-19H2,(H,26,29)(H,27,30)/t22-,25-/m0/s1. The number of aliphatic hydroxyl groups is 1. The number of morpholine rings is 1. The molecule has 3 rings (SSSR count). The SMILES string of the molecule is O=C(CCCCC(=O)N[C@@H](CN1CCOCC1)[C@@H](O)c1ccccc1)NC1CCCCC1. The highest BCUT2D eigenvalue weighted by atomic mass is 16.5. The van der Waals surface area contributed by atoms with Crippen molar-refractivity contribution in [2.45, 2.75) is 76.0 Å². The molecule has 0 bridgehead atoms. The molecule has 32 heavy (non-hydrogen) atoms. The zero-order valence-electron chi connectivity index (χ0n) is 19.1. The molecule has 0 radical (unpaired) electrons. The molecule has 2 aliphatic rings. The molecule has 0 unspecified atom stereocenters. The van der Waals surface area contributed by atoms with E-state index >= 15 is 0 Å². The number of nitrogens with one attached hydrogen (secondary N) is 2. The van der Waals surface area contributed by atoms with E-state index in [1.165, 1.54) is 19.3 Å². The summed E-state index contributed by atoms with van der Waals surface area (Å²) in [5, 5.41) is 17.1. The van der Waals surface area contributed by atoms with Crippen molar-refractivity contribution in [3.8, 4) is 0 Å². The quantitative estimate of drug-likeness (QED) is 0.456. The molecule has 2 amide bonds. The van der Waals surface area contributed by atoms with Gasteiger partial charge < -0.3 is 20.5 Å². The molecule has 0 spiro atoms. The number of nitrogens with zero attached hydrogens (tertiary/aromatic N) is 1. The Morgan fingerprint density at radius 3 is 2.34 bits per heavy atom. The highest BCUT2D eigenvalue weighted by Gasteiger charge is 2.26. The van der Waals surface area contributed by atoms with Crippen LogP contribution < -0.4 is 10.6 Å². The van der Waals surface area contributed by atoms with E-state index in [-0.39, 0.29) is 11.8 Å². The van der Waals surface area contributed by atoms with Crippen LogP contribution in [0.25, 0.3) is 0 Å². The molecular weight excluding hydrogens is 406 g/mol. The van der Waals surface area contributed by atoms with Crippen molar-refractivity contribution in [1.29, 1.82) is 0 Å². The normalized spacial score (nSPS) is 19.8. The Labute approximate surface area is 191 Å². The molecule has 1 aliphatic carbocycles. The zero-order chi connectivity index (χ0) is 22.6. The van der Waals surface area contributed by atoms with Crippen molar-refractivity contribution in [1.82, 2.24) is 15.5 Å². The van der Waals surface area contributed by atoms with Crippen LogP contribution in [0.1, 0.15) is 69.5 Å². The van der Waals surface area contributed by atoms with Crippen molar-refractivity contribution in [3.63, 3.8) is 0 Å². The van der Waals surface area contributed by atoms with Gasteiger partial charge in [0.05, 0.1) is 19.3 Å². The van der Waals surface area contributed by atoms with Gasteiger partial charge in [-0.15, -0.1) is 0 Å². The van der Waals surface area contributed by atoms with Gasteiger partial charge in [0.15, 0.2) is 0 Å². The van der Waals surface area contributed by atoms with E-state index in [1.807, 2.05) is 30.3 Å². The third kappa shape index (κ3) is 8.52. The van der Waals surface area contributed by atoms with E-state index in [4.69, 9.17) is 4.74 Å². The first-order chi connectivity index (χ1) is 15.6. The van der Waals surface area contributed by atoms with Crippen molar-refractivity contribution >= 4 is 11.8 Å². The number of hydrogen-bond donors (Lipinski definition) is 3. The summed E-state index contributed by atoms with van der Waals surface area (Å²) >= 11 is 0. The lowest BCUT2D eigenvalue weighted by Gasteiger charge is -2.33. The summed E-state index contributed by atoms with van der Waals surface area (Å²) in [6.07, 6.45) is 7.25. The van der Waals surface area contributed by atoms with Crippen molar-refractivity contribution in [2.75, 3.05) is 32.8 Å². The number of hydrogen-bond acceptors (Lipinski definition) is 5. The smallest absolute Gasteiger partial charge is 0.220 e. The van der Waals surface area contributed by atoms with Crippen molar-refractivity contribution in [2.24, 2.45) is 0 Å². The number of carbonyl (C=O) groups is 2. The van der Waals surface area contributed by atoms with Crippen molar-refractivity contribution in [3.05, 3.63) is 35.9 Å². The number of benzene rings is 1. The average Bonchev–Trinajstić information content (AvgIpc) is 2.83. The maximum Gasteiger partial charge on any atom is 0.220 e. The van der Waals surface area contributed by atoms with Gasteiger partial charge in [-0.05, 0) is 31.2 Å². The summed E-state index contributed by atoms with van der Waals surface area (Å²) in [6.45, 7) is 3.51. The van der Waals surface area contributed by atoms with E-state index in [9.17, 15) is 14.7 Å². The minimum atomic E-state index is -0.774. The Morgan fingerprint density at radius 2 is 1.66 bits per heavy atom. The highest BCUT2D eigenvalue weighted by Crippen LogP contribution is 2.19. The van der Waals surface area contributed by atoms with E-state index in [1.54, 1.807) is 0 Å². The molecule has 1 saturated carbocycles. The predicted molar refractivity (Wildman–Crippen MR) is 124 cm³/mol. The minimum Gasteiger partial charge on any atom is -0.386 e. The predicted octanol–water partition coefficient (Wildman–Crippen LogP) is 2.55. The monoisotopic (exact) mass is 445 g/mol. The average molecular weight is 446 g/mol. The Bertz CT molecular complexity index is 688. The van der Waals surface area contributed by atoms with Crippen molar-refractivity contribution < 1.29 is 19.4 Å². The van der Waals surface area contributed by atoms with Crippen LogP contribution in [-0.4, -0.2) is 66.8 Å². The number of rotatable bonds is 11. The topological polar surface area (TPSA) is 90.9 Å². The van der Waals surface area contributed by atoms with Crippen LogP contribution in [0.2, 0.25) is 0 Å². The molecule has 1 aliphatic heterocycles. The summed E-state index contributed by atoms with van der Waals surface area (Å²) in [5.41, 5.74) is 0.797. The fourth-order valence-electron chi connectivity index (χ4n) is 4.57. The third-order valence-corrected chi connectivity index (χ3v) is 6.46. The Balaban J connectivity index is 1.42. The first-order valence-electron chi connectivity index (χ1n) is 12.2. The third-order valence-electron chi connectivity index (χ3n) is 6.46. The molecule has 1 saturated heterocycles. The summed E-state index contributed by atoms with van der Waals surface area (Å²) < 4.78 is 5.42. The summed E-state index contributed by atoms with van der Waals surface area (Å²) in [6, 6.07) is 9.41. The van der Waals surface area contributed by atoms with Gasteiger partial charge in [-0.25, -0.2) is 0 Å². The zero-order valence-corrected chi connectivity index (χ0v) is 19.1. The maximum atomic E-state index is 12.6. The van der Waals surface area contributed by atoms with E-state index in [0.29, 0.717) is 51.5 Å². The highest BCUT2D eigenvalue weighted by molar-refractivity contribution is 5.77. The molecule has 1 aromatic rings. The van der Waals surface area contributed by atoms with Gasteiger partial charge in [0.25, 0.3) is 0 Å². The minimum absolute atomic E-state index is 0.0778. The molecule has 7 heteroatoms. The second-order valence-electron chi connectivity index (χ2n) is 9.05. The first kappa shape index (κ1) is 24.7. The largest absolute Gasteiger partial charge is 0.386 e. The van der Waals surface area contributed by atoms with Crippen LogP contribution in [0, 0.1) is 0 Å². The van der Waals surface area contributed by atoms with Crippen LogP contribution in [0.3, 0.4) is 0 Å².